The molecule has 1 aromatic heterocycles. The SMILES string of the molecule is CCNC(=O)c1noc(-c2cc(-c3ccc(C)cc3)c(O)cc2O)c1-c1ccc(CN2CC(C)CC(C)C2)cc1. The summed E-state index contributed by atoms with van der Waals surface area (Å²) >= 11 is 0. The predicted octanol–water partition coefficient (Wildman–Crippen LogP) is 6.62. The summed E-state index contributed by atoms with van der Waals surface area (Å²) in [6.45, 7) is 11.9. The van der Waals surface area contributed by atoms with E-state index in [-0.39, 0.29) is 28.9 Å². The molecule has 1 amide bonds. The first-order chi connectivity index (χ1) is 19.2. The van der Waals surface area contributed by atoms with E-state index in [1.165, 1.54) is 18.1 Å². The Bertz CT molecular complexity index is 1480. The zero-order valence-electron chi connectivity index (χ0n) is 23.6. The fourth-order valence-electron chi connectivity index (χ4n) is 5.82. The van der Waals surface area contributed by atoms with Gasteiger partial charge >= 0.3 is 0 Å². The normalized spacial score (nSPS) is 17.6. The second-order valence-electron chi connectivity index (χ2n) is 11.2. The summed E-state index contributed by atoms with van der Waals surface area (Å²) in [7, 11) is 0. The first kappa shape index (κ1) is 27.5. The summed E-state index contributed by atoms with van der Waals surface area (Å²) in [5.41, 5.74) is 5.35. The minimum atomic E-state index is -0.357. The van der Waals surface area contributed by atoms with Gasteiger partial charge in [-0.1, -0.05) is 73.1 Å². The fourth-order valence-corrected chi connectivity index (χ4v) is 5.82. The van der Waals surface area contributed by atoms with E-state index in [1.54, 1.807) is 6.07 Å². The van der Waals surface area contributed by atoms with Gasteiger partial charge in [0.05, 0.1) is 11.1 Å². The number of phenols is 2. The molecule has 0 saturated carbocycles. The van der Waals surface area contributed by atoms with Crippen LogP contribution in [0.2, 0.25) is 0 Å². The number of piperidine rings is 1. The van der Waals surface area contributed by atoms with E-state index in [9.17, 15) is 15.0 Å². The van der Waals surface area contributed by atoms with Crippen molar-refractivity contribution in [1.29, 1.82) is 0 Å². The molecule has 40 heavy (non-hydrogen) atoms. The van der Waals surface area contributed by atoms with Crippen molar-refractivity contribution in [2.45, 2.75) is 40.7 Å². The monoisotopic (exact) mass is 539 g/mol. The zero-order chi connectivity index (χ0) is 28.4. The average Bonchev–Trinajstić information content (AvgIpc) is 3.34. The van der Waals surface area contributed by atoms with Crippen LogP contribution >= 0.6 is 0 Å². The van der Waals surface area contributed by atoms with E-state index in [0.717, 1.165) is 36.3 Å². The number of carbonyl (C=O) groups is 1. The van der Waals surface area contributed by atoms with Crippen LogP contribution in [0.1, 0.15) is 48.8 Å². The van der Waals surface area contributed by atoms with Crippen molar-refractivity contribution in [3.63, 3.8) is 0 Å². The standard InChI is InChI=1S/C33H37N3O4/c1-5-34-33(39)31-30(25-12-8-23(9-13-25)19-36-17-21(3)14-22(4)18-36)32(40-35-31)27-15-26(28(37)16-29(27)38)24-10-6-20(2)7-11-24/h6-13,15-16,21-22,37-38H,5,14,17-19H2,1-4H3,(H,34,39). The highest BCUT2D eigenvalue weighted by Crippen LogP contribution is 2.44. The predicted molar refractivity (Wildman–Crippen MR) is 157 cm³/mol. The van der Waals surface area contributed by atoms with Crippen LogP contribution in [-0.2, 0) is 6.54 Å². The minimum Gasteiger partial charge on any atom is -0.507 e. The van der Waals surface area contributed by atoms with Crippen LogP contribution in [0.25, 0.3) is 33.6 Å². The Morgan fingerprint density at radius 1 is 0.950 bits per heavy atom. The summed E-state index contributed by atoms with van der Waals surface area (Å²) in [5.74, 6) is 1.05. The Morgan fingerprint density at radius 3 is 2.23 bits per heavy atom. The second kappa shape index (κ2) is 11.6. The number of benzene rings is 3. The number of rotatable bonds is 7. The van der Waals surface area contributed by atoms with Gasteiger partial charge in [-0.3, -0.25) is 9.69 Å². The first-order valence-corrected chi connectivity index (χ1v) is 14.0. The maximum absolute atomic E-state index is 13.0. The van der Waals surface area contributed by atoms with Crippen molar-refractivity contribution in [2.75, 3.05) is 19.6 Å². The minimum absolute atomic E-state index is 0.0548. The van der Waals surface area contributed by atoms with Crippen molar-refractivity contribution >= 4 is 5.91 Å². The molecule has 208 valence electrons. The number of hydrogen-bond acceptors (Lipinski definition) is 6. The molecule has 2 unspecified atom stereocenters. The molecule has 1 saturated heterocycles. The van der Waals surface area contributed by atoms with Crippen molar-refractivity contribution in [1.82, 2.24) is 15.4 Å². The number of carbonyl (C=O) groups excluding carboxylic acids is 1. The molecule has 7 heteroatoms. The van der Waals surface area contributed by atoms with Gasteiger partial charge in [-0.25, -0.2) is 0 Å². The summed E-state index contributed by atoms with van der Waals surface area (Å²) in [5, 5.41) is 28.5. The smallest absolute Gasteiger partial charge is 0.274 e. The molecule has 4 aromatic rings. The third-order valence-corrected chi connectivity index (χ3v) is 7.56. The Morgan fingerprint density at radius 2 is 1.57 bits per heavy atom. The lowest BCUT2D eigenvalue weighted by Gasteiger charge is -2.35. The molecule has 0 bridgehead atoms. The number of aromatic nitrogens is 1. The van der Waals surface area contributed by atoms with Crippen LogP contribution in [0.5, 0.6) is 11.5 Å². The summed E-state index contributed by atoms with van der Waals surface area (Å²) < 4.78 is 5.75. The highest BCUT2D eigenvalue weighted by Gasteiger charge is 2.27. The van der Waals surface area contributed by atoms with Gasteiger partial charge in [0.1, 0.15) is 11.5 Å². The molecule has 0 aliphatic carbocycles. The number of likely N-dealkylation sites (tertiary alicyclic amines) is 1. The number of phenolic OH excluding ortho intramolecular Hbond substituents is 2. The lowest BCUT2D eigenvalue weighted by Crippen LogP contribution is -2.38. The molecule has 5 rings (SSSR count). The van der Waals surface area contributed by atoms with Gasteiger partial charge in [-0.2, -0.15) is 0 Å². The number of hydrogen-bond donors (Lipinski definition) is 3. The van der Waals surface area contributed by atoms with Gasteiger partial charge in [0.15, 0.2) is 11.5 Å². The molecule has 3 N–H and O–H groups in total. The van der Waals surface area contributed by atoms with Crippen molar-refractivity contribution in [3.8, 4) is 45.1 Å². The average molecular weight is 540 g/mol. The summed E-state index contributed by atoms with van der Waals surface area (Å²) in [6.07, 6.45) is 1.27. The molecule has 2 heterocycles. The molecule has 1 aliphatic heterocycles. The number of nitrogens with one attached hydrogen (secondary N) is 1. The Hall–Kier alpha value is -4.10. The zero-order valence-corrected chi connectivity index (χ0v) is 23.6. The molecule has 0 radical (unpaired) electrons. The van der Waals surface area contributed by atoms with Gasteiger partial charge in [0.25, 0.3) is 5.91 Å². The fraction of sp³-hybridized carbons (Fsp3) is 0.333. The second-order valence-corrected chi connectivity index (χ2v) is 11.2. The molecule has 1 fully saturated rings. The Balaban J connectivity index is 1.55. The van der Waals surface area contributed by atoms with Crippen LogP contribution in [0, 0.1) is 18.8 Å². The third kappa shape index (κ3) is 5.75. The van der Waals surface area contributed by atoms with E-state index in [0.29, 0.717) is 35.1 Å². The quantitative estimate of drug-likeness (QED) is 0.244. The van der Waals surface area contributed by atoms with Crippen LogP contribution in [0.15, 0.2) is 65.2 Å². The molecule has 0 spiro atoms. The van der Waals surface area contributed by atoms with Crippen LogP contribution in [0.4, 0.5) is 0 Å². The molecule has 3 aromatic carbocycles. The highest BCUT2D eigenvalue weighted by atomic mass is 16.5. The lowest BCUT2D eigenvalue weighted by atomic mass is 9.91. The molecular weight excluding hydrogens is 502 g/mol. The van der Waals surface area contributed by atoms with E-state index in [1.807, 2.05) is 50.2 Å². The van der Waals surface area contributed by atoms with Gasteiger partial charge in [0.2, 0.25) is 0 Å². The van der Waals surface area contributed by atoms with Gasteiger partial charge in [0, 0.05) is 37.8 Å². The Kier molecular flexibility index (Phi) is 7.94. The summed E-state index contributed by atoms with van der Waals surface area (Å²) in [6, 6.07) is 18.8. The van der Waals surface area contributed by atoms with Crippen LogP contribution < -0.4 is 5.32 Å². The van der Waals surface area contributed by atoms with Gasteiger partial charge < -0.3 is 20.1 Å². The van der Waals surface area contributed by atoms with Gasteiger partial charge in [-0.15, -0.1) is 0 Å². The third-order valence-electron chi connectivity index (χ3n) is 7.56. The van der Waals surface area contributed by atoms with Crippen molar-refractivity contribution in [2.24, 2.45) is 11.8 Å². The van der Waals surface area contributed by atoms with E-state index in [4.69, 9.17) is 4.52 Å². The lowest BCUT2D eigenvalue weighted by molar-refractivity contribution is 0.0947. The van der Waals surface area contributed by atoms with Crippen LogP contribution in [0.3, 0.4) is 0 Å². The molecule has 7 nitrogen and oxygen atoms in total. The first-order valence-electron chi connectivity index (χ1n) is 14.0. The molecule has 1 aliphatic rings. The van der Waals surface area contributed by atoms with E-state index < -0.39 is 0 Å². The topological polar surface area (TPSA) is 98.8 Å². The molecular formula is C33H37N3O4. The number of aromatic hydroxyl groups is 2. The van der Waals surface area contributed by atoms with Crippen molar-refractivity contribution < 1.29 is 19.5 Å². The largest absolute Gasteiger partial charge is 0.507 e. The van der Waals surface area contributed by atoms with Gasteiger partial charge in [-0.05, 0) is 54.9 Å². The number of nitrogens with zero attached hydrogens (tertiary/aromatic N) is 2. The maximum Gasteiger partial charge on any atom is 0.274 e. The highest BCUT2D eigenvalue weighted by molar-refractivity contribution is 6.03. The van der Waals surface area contributed by atoms with E-state index >= 15 is 0 Å². The maximum atomic E-state index is 13.0. The van der Waals surface area contributed by atoms with Crippen molar-refractivity contribution in [3.05, 3.63) is 77.5 Å². The number of amides is 1. The van der Waals surface area contributed by atoms with Crippen LogP contribution in [-0.4, -0.2) is 45.8 Å². The number of aryl methyl sites for hydroxylation is 1. The van der Waals surface area contributed by atoms with E-state index in [2.05, 4.69) is 41.4 Å². The Labute approximate surface area is 235 Å². The summed E-state index contributed by atoms with van der Waals surface area (Å²) in [4.78, 5) is 15.5. The molecule has 2 atom stereocenters.